The molecule has 0 aliphatic heterocycles. The second-order valence-electron chi connectivity index (χ2n) is 5.93. The molecule has 0 aromatic carbocycles. The summed E-state index contributed by atoms with van der Waals surface area (Å²) in [4.78, 5) is 0. The van der Waals surface area contributed by atoms with Gasteiger partial charge >= 0.3 is 0 Å². The lowest BCUT2D eigenvalue weighted by Gasteiger charge is -2.67. The summed E-state index contributed by atoms with van der Waals surface area (Å²) in [6, 6.07) is 0. The fourth-order valence-electron chi connectivity index (χ4n) is 3.99. The predicted octanol–water partition coefficient (Wildman–Crippen LogP) is 4.10. The lowest BCUT2D eigenvalue weighted by Crippen LogP contribution is -2.59. The minimum atomic E-state index is 0.711. The molecule has 76 valence electrons. The Morgan fingerprint density at radius 3 is 2.54 bits per heavy atom. The first-order valence-corrected chi connectivity index (χ1v) is 6.09. The Bertz CT molecular complexity index is 192. The molecule has 2 fully saturated rings. The molecule has 0 heteroatoms. The molecule has 0 saturated heterocycles. The van der Waals surface area contributed by atoms with Gasteiger partial charge in [0.2, 0.25) is 0 Å². The van der Waals surface area contributed by atoms with E-state index in [1.165, 1.54) is 19.3 Å². The topological polar surface area (TPSA) is 0 Å². The Hall–Kier alpha value is 0. The van der Waals surface area contributed by atoms with Crippen molar-refractivity contribution < 1.29 is 0 Å². The Labute approximate surface area is 83.1 Å². The van der Waals surface area contributed by atoms with Gasteiger partial charge in [0.1, 0.15) is 0 Å². The summed E-state index contributed by atoms with van der Waals surface area (Å²) in [5, 5.41) is 0. The molecule has 2 aliphatic carbocycles. The SMILES string of the molecule is CCCC1CC2CC(C)(C(C)C)C12. The van der Waals surface area contributed by atoms with E-state index in [1.54, 1.807) is 6.42 Å². The summed E-state index contributed by atoms with van der Waals surface area (Å²) in [6.45, 7) is 9.69. The van der Waals surface area contributed by atoms with Crippen LogP contribution >= 0.6 is 0 Å². The maximum Gasteiger partial charge on any atom is -0.0266 e. The van der Waals surface area contributed by atoms with Gasteiger partial charge in [-0.3, -0.25) is 0 Å². The molecular weight excluding hydrogens is 156 g/mol. The molecule has 4 atom stereocenters. The standard InChI is InChI=1S/C13H24/c1-5-6-10-7-11-8-13(4,9(2)3)12(10)11/h9-12H,5-8H2,1-4H3. The Balaban J connectivity index is 1.97. The summed E-state index contributed by atoms with van der Waals surface area (Å²) in [5.74, 6) is 4.22. The van der Waals surface area contributed by atoms with Crippen molar-refractivity contribution in [3.8, 4) is 0 Å². The van der Waals surface area contributed by atoms with Crippen molar-refractivity contribution in [2.24, 2.45) is 29.1 Å². The largest absolute Gasteiger partial charge is 0.0654 e. The highest BCUT2D eigenvalue weighted by molar-refractivity contribution is 5.09. The van der Waals surface area contributed by atoms with E-state index in [2.05, 4.69) is 27.7 Å². The molecule has 2 saturated carbocycles. The fraction of sp³-hybridized carbons (Fsp3) is 1.00. The first kappa shape index (κ1) is 9.55. The van der Waals surface area contributed by atoms with Gasteiger partial charge in [-0.25, -0.2) is 0 Å². The average molecular weight is 180 g/mol. The van der Waals surface area contributed by atoms with Crippen LogP contribution in [0.4, 0.5) is 0 Å². The summed E-state index contributed by atoms with van der Waals surface area (Å²) in [5.41, 5.74) is 0.711. The first-order chi connectivity index (χ1) is 6.09. The number of hydrogen-bond donors (Lipinski definition) is 0. The van der Waals surface area contributed by atoms with Crippen LogP contribution < -0.4 is 0 Å². The van der Waals surface area contributed by atoms with Crippen molar-refractivity contribution in [3.05, 3.63) is 0 Å². The zero-order valence-electron chi connectivity index (χ0n) is 9.64. The lowest BCUT2D eigenvalue weighted by atomic mass is 9.38. The highest BCUT2D eigenvalue weighted by atomic mass is 14.6. The van der Waals surface area contributed by atoms with Crippen LogP contribution in [0.25, 0.3) is 0 Å². The Morgan fingerprint density at radius 2 is 2.08 bits per heavy atom. The molecule has 4 unspecified atom stereocenters. The van der Waals surface area contributed by atoms with Gasteiger partial charge in [-0.2, -0.15) is 0 Å². The zero-order valence-corrected chi connectivity index (χ0v) is 9.64. The van der Waals surface area contributed by atoms with Crippen molar-refractivity contribution in [1.29, 1.82) is 0 Å². The molecule has 13 heavy (non-hydrogen) atoms. The van der Waals surface area contributed by atoms with Crippen LogP contribution in [-0.4, -0.2) is 0 Å². The molecule has 0 heterocycles. The molecule has 0 nitrogen and oxygen atoms in total. The van der Waals surface area contributed by atoms with Crippen molar-refractivity contribution >= 4 is 0 Å². The third kappa shape index (κ3) is 1.17. The van der Waals surface area contributed by atoms with E-state index in [0.717, 1.165) is 23.7 Å². The van der Waals surface area contributed by atoms with Crippen LogP contribution in [0.3, 0.4) is 0 Å². The third-order valence-corrected chi connectivity index (χ3v) is 5.06. The average Bonchev–Trinajstić information content (AvgIpc) is 2.01. The van der Waals surface area contributed by atoms with Crippen LogP contribution in [-0.2, 0) is 0 Å². The van der Waals surface area contributed by atoms with Crippen LogP contribution in [0.1, 0.15) is 53.4 Å². The number of rotatable bonds is 3. The van der Waals surface area contributed by atoms with Crippen molar-refractivity contribution in [2.45, 2.75) is 53.4 Å². The summed E-state index contributed by atoms with van der Waals surface area (Å²) >= 11 is 0. The molecule has 0 N–H and O–H groups in total. The molecule has 0 amide bonds. The van der Waals surface area contributed by atoms with E-state index in [0.29, 0.717) is 5.41 Å². The van der Waals surface area contributed by atoms with Gasteiger partial charge in [-0.15, -0.1) is 0 Å². The minimum Gasteiger partial charge on any atom is -0.0654 e. The van der Waals surface area contributed by atoms with Crippen LogP contribution in [0, 0.1) is 29.1 Å². The molecular formula is C13H24. The lowest BCUT2D eigenvalue weighted by molar-refractivity contribution is -0.180. The van der Waals surface area contributed by atoms with Crippen LogP contribution in [0.2, 0.25) is 0 Å². The van der Waals surface area contributed by atoms with E-state index in [1.807, 2.05) is 0 Å². The maximum absolute atomic E-state index is 2.53. The van der Waals surface area contributed by atoms with Crippen LogP contribution in [0.5, 0.6) is 0 Å². The third-order valence-electron chi connectivity index (χ3n) is 5.06. The van der Waals surface area contributed by atoms with E-state index in [4.69, 9.17) is 0 Å². The highest BCUT2D eigenvalue weighted by Gasteiger charge is 2.60. The Morgan fingerprint density at radius 1 is 1.38 bits per heavy atom. The molecule has 0 bridgehead atoms. The summed E-state index contributed by atoms with van der Waals surface area (Å²) in [6.07, 6.45) is 5.96. The van der Waals surface area contributed by atoms with Crippen molar-refractivity contribution in [3.63, 3.8) is 0 Å². The first-order valence-electron chi connectivity index (χ1n) is 6.09. The fourth-order valence-corrected chi connectivity index (χ4v) is 3.99. The Kier molecular flexibility index (Phi) is 2.20. The summed E-state index contributed by atoms with van der Waals surface area (Å²) in [7, 11) is 0. The van der Waals surface area contributed by atoms with Gasteiger partial charge in [0.25, 0.3) is 0 Å². The number of hydrogen-bond acceptors (Lipinski definition) is 0. The van der Waals surface area contributed by atoms with Gasteiger partial charge in [0.15, 0.2) is 0 Å². The second-order valence-corrected chi connectivity index (χ2v) is 5.93. The quantitative estimate of drug-likeness (QED) is 0.613. The predicted molar refractivity (Wildman–Crippen MR) is 57.6 cm³/mol. The van der Waals surface area contributed by atoms with Gasteiger partial charge in [-0.05, 0) is 41.9 Å². The van der Waals surface area contributed by atoms with Gasteiger partial charge in [0, 0.05) is 0 Å². The zero-order chi connectivity index (χ0) is 9.64. The molecule has 0 aromatic rings. The smallest absolute Gasteiger partial charge is 0.0266 e. The van der Waals surface area contributed by atoms with E-state index in [-0.39, 0.29) is 0 Å². The normalized spacial score (nSPS) is 48.2. The van der Waals surface area contributed by atoms with Crippen molar-refractivity contribution in [2.75, 3.05) is 0 Å². The summed E-state index contributed by atoms with van der Waals surface area (Å²) < 4.78 is 0. The number of fused-ring (bicyclic) bond motifs is 1. The molecule has 0 radical (unpaired) electrons. The van der Waals surface area contributed by atoms with Gasteiger partial charge in [0.05, 0.1) is 0 Å². The van der Waals surface area contributed by atoms with Gasteiger partial charge in [-0.1, -0.05) is 40.5 Å². The monoisotopic (exact) mass is 180 g/mol. The molecule has 2 rings (SSSR count). The van der Waals surface area contributed by atoms with Crippen molar-refractivity contribution in [1.82, 2.24) is 0 Å². The maximum atomic E-state index is 2.53. The molecule has 0 spiro atoms. The van der Waals surface area contributed by atoms with E-state index >= 15 is 0 Å². The molecule has 2 aliphatic rings. The van der Waals surface area contributed by atoms with Gasteiger partial charge < -0.3 is 0 Å². The van der Waals surface area contributed by atoms with E-state index < -0.39 is 0 Å². The van der Waals surface area contributed by atoms with E-state index in [9.17, 15) is 0 Å². The molecule has 0 aromatic heterocycles. The second kappa shape index (κ2) is 3.00. The minimum absolute atomic E-state index is 0.711. The highest BCUT2D eigenvalue weighted by Crippen LogP contribution is 2.68. The van der Waals surface area contributed by atoms with Crippen LogP contribution in [0.15, 0.2) is 0 Å².